The predicted octanol–water partition coefficient (Wildman–Crippen LogP) is 1.67. The third kappa shape index (κ3) is 6.01. The molecule has 2 rings (SSSR count). The van der Waals surface area contributed by atoms with Gasteiger partial charge < -0.3 is 20.8 Å². The van der Waals surface area contributed by atoms with Crippen molar-refractivity contribution in [3.05, 3.63) is 75.6 Å². The van der Waals surface area contributed by atoms with Crippen molar-refractivity contribution in [2.45, 2.75) is 18.6 Å². The smallest absolute Gasteiger partial charge is 0.315 e. The molecule has 9 heteroatoms. The Kier molecular flexibility index (Phi) is 7.21. The van der Waals surface area contributed by atoms with Crippen LogP contribution in [0.1, 0.15) is 17.2 Å². The molecule has 0 saturated heterocycles. The Hall–Kier alpha value is -3.04. The Balaban J connectivity index is 1.85. The van der Waals surface area contributed by atoms with Crippen LogP contribution in [0.15, 0.2) is 48.5 Å². The van der Waals surface area contributed by atoms with Gasteiger partial charge in [-0.15, -0.1) is 0 Å². The number of halogens is 1. The van der Waals surface area contributed by atoms with E-state index in [9.17, 15) is 29.5 Å². The number of carbonyl (C=O) groups is 1. The molecule has 0 aliphatic rings. The number of hydrogen-bond donors (Lipinski definition) is 4. The topological polar surface area (TPSA) is 125 Å². The molecular weight excluding hydrogens is 357 g/mol. The molecule has 27 heavy (non-hydrogen) atoms. The Morgan fingerprint density at radius 1 is 1.15 bits per heavy atom. The van der Waals surface area contributed by atoms with E-state index in [-0.39, 0.29) is 18.0 Å². The van der Waals surface area contributed by atoms with Crippen LogP contribution in [-0.2, 0) is 6.42 Å². The highest BCUT2D eigenvalue weighted by molar-refractivity contribution is 5.74. The lowest BCUT2D eigenvalue weighted by atomic mass is 10.0. The number of aliphatic hydroxyl groups is 2. The van der Waals surface area contributed by atoms with Gasteiger partial charge in [-0.25, -0.2) is 9.18 Å². The number of nitrogens with one attached hydrogen (secondary N) is 2. The van der Waals surface area contributed by atoms with Gasteiger partial charge in [0.2, 0.25) is 0 Å². The number of urea groups is 1. The highest BCUT2D eigenvalue weighted by atomic mass is 19.1. The molecule has 8 nitrogen and oxygen atoms in total. The largest absolute Gasteiger partial charge is 0.394 e. The van der Waals surface area contributed by atoms with Crippen LogP contribution in [0.25, 0.3) is 0 Å². The van der Waals surface area contributed by atoms with Crippen molar-refractivity contribution in [2.75, 3.05) is 13.2 Å². The summed E-state index contributed by atoms with van der Waals surface area (Å²) in [6.07, 6.45) is -0.749. The lowest BCUT2D eigenvalue weighted by Crippen LogP contribution is -2.47. The number of non-ortho nitro benzene ring substituents is 1. The summed E-state index contributed by atoms with van der Waals surface area (Å²) in [7, 11) is 0. The second-order valence-electron chi connectivity index (χ2n) is 5.86. The molecule has 0 spiro atoms. The molecule has 0 bridgehead atoms. The van der Waals surface area contributed by atoms with Crippen molar-refractivity contribution in [1.29, 1.82) is 0 Å². The third-order valence-corrected chi connectivity index (χ3v) is 3.95. The summed E-state index contributed by atoms with van der Waals surface area (Å²) < 4.78 is 12.8. The van der Waals surface area contributed by atoms with Crippen molar-refractivity contribution in [3.63, 3.8) is 0 Å². The van der Waals surface area contributed by atoms with E-state index < -0.39 is 29.7 Å². The van der Waals surface area contributed by atoms with Crippen LogP contribution in [0.5, 0.6) is 0 Å². The minimum atomic E-state index is -1.24. The second-order valence-corrected chi connectivity index (χ2v) is 5.86. The molecule has 0 aliphatic carbocycles. The molecule has 4 N–H and O–H groups in total. The molecule has 0 saturated carbocycles. The number of carbonyl (C=O) groups excluding carboxylic acids is 1. The molecule has 144 valence electrons. The van der Waals surface area contributed by atoms with Gasteiger partial charge in [-0.1, -0.05) is 12.1 Å². The van der Waals surface area contributed by atoms with Gasteiger partial charge in [-0.2, -0.15) is 0 Å². The maximum Gasteiger partial charge on any atom is 0.315 e. The van der Waals surface area contributed by atoms with E-state index >= 15 is 0 Å². The molecule has 2 amide bonds. The summed E-state index contributed by atoms with van der Waals surface area (Å²) in [5, 5.41) is 35.4. The molecule has 0 heterocycles. The molecule has 0 fully saturated rings. The fraction of sp³-hybridized carbons (Fsp3) is 0.278. The number of nitro groups is 1. The van der Waals surface area contributed by atoms with Crippen LogP contribution in [0.4, 0.5) is 14.9 Å². The fourth-order valence-electron chi connectivity index (χ4n) is 2.44. The van der Waals surface area contributed by atoms with E-state index in [0.29, 0.717) is 12.0 Å². The maximum absolute atomic E-state index is 12.8. The summed E-state index contributed by atoms with van der Waals surface area (Å²) in [5.74, 6) is -0.338. The molecule has 0 aromatic heterocycles. The van der Waals surface area contributed by atoms with Crippen molar-refractivity contribution in [3.8, 4) is 0 Å². The van der Waals surface area contributed by atoms with E-state index in [0.717, 1.165) is 5.56 Å². The van der Waals surface area contributed by atoms with Crippen molar-refractivity contribution in [2.24, 2.45) is 0 Å². The molecule has 0 aliphatic heterocycles. The van der Waals surface area contributed by atoms with Crippen molar-refractivity contribution >= 4 is 11.7 Å². The molecule has 2 aromatic rings. The Morgan fingerprint density at radius 3 is 2.33 bits per heavy atom. The number of rotatable bonds is 8. The number of aliphatic hydroxyl groups excluding tert-OH is 2. The summed E-state index contributed by atoms with van der Waals surface area (Å²) in [6.45, 7) is -0.243. The minimum Gasteiger partial charge on any atom is -0.394 e. The van der Waals surface area contributed by atoms with Crippen molar-refractivity contribution < 1.29 is 24.3 Å². The van der Waals surface area contributed by atoms with E-state index in [1.807, 2.05) is 0 Å². The first-order chi connectivity index (χ1) is 12.9. The van der Waals surface area contributed by atoms with Gasteiger partial charge in [0, 0.05) is 18.7 Å². The van der Waals surface area contributed by atoms with E-state index in [2.05, 4.69) is 10.6 Å². The fourth-order valence-corrected chi connectivity index (χ4v) is 2.44. The van der Waals surface area contributed by atoms with Gasteiger partial charge in [-0.3, -0.25) is 10.1 Å². The number of nitro benzene ring substituents is 1. The minimum absolute atomic E-state index is 0.127. The normalized spacial score (nSPS) is 12.9. The highest BCUT2D eigenvalue weighted by Crippen LogP contribution is 2.20. The van der Waals surface area contributed by atoms with Gasteiger partial charge in [-0.05, 0) is 41.8 Å². The van der Waals surface area contributed by atoms with Crippen molar-refractivity contribution in [1.82, 2.24) is 10.6 Å². The molecule has 2 unspecified atom stereocenters. The zero-order chi connectivity index (χ0) is 19.8. The van der Waals surface area contributed by atoms with Crippen LogP contribution in [0.2, 0.25) is 0 Å². The Bertz CT molecular complexity index is 768. The molecular formula is C18H20FN3O5. The summed E-state index contributed by atoms with van der Waals surface area (Å²) >= 11 is 0. The first-order valence-corrected chi connectivity index (χ1v) is 8.23. The Morgan fingerprint density at radius 2 is 1.78 bits per heavy atom. The number of nitrogens with zero attached hydrogens (tertiary/aromatic N) is 1. The second kappa shape index (κ2) is 9.60. The van der Waals surface area contributed by atoms with Gasteiger partial charge in [0.1, 0.15) is 11.9 Å². The molecule has 0 radical (unpaired) electrons. The standard InChI is InChI=1S/C18H20FN3O5/c19-14-5-1-12(2-6-14)9-10-20-18(25)21-16(11-23)17(24)13-3-7-15(8-4-13)22(26)27/h1-8,16-17,23-24H,9-11H2,(H2,20,21,25). The van der Waals surface area contributed by atoms with Gasteiger partial charge in [0.25, 0.3) is 5.69 Å². The van der Waals surface area contributed by atoms with Crippen LogP contribution < -0.4 is 10.6 Å². The molecule has 2 atom stereocenters. The first-order valence-electron chi connectivity index (χ1n) is 8.23. The third-order valence-electron chi connectivity index (χ3n) is 3.95. The van der Waals surface area contributed by atoms with Gasteiger partial charge in [0.05, 0.1) is 17.6 Å². The zero-order valence-corrected chi connectivity index (χ0v) is 14.3. The van der Waals surface area contributed by atoms with Gasteiger partial charge >= 0.3 is 6.03 Å². The van der Waals surface area contributed by atoms with Crippen LogP contribution in [-0.4, -0.2) is 40.4 Å². The lowest BCUT2D eigenvalue weighted by Gasteiger charge is -2.22. The van der Waals surface area contributed by atoms with Crippen LogP contribution in [0, 0.1) is 15.9 Å². The lowest BCUT2D eigenvalue weighted by molar-refractivity contribution is -0.384. The predicted molar refractivity (Wildman–Crippen MR) is 95.6 cm³/mol. The van der Waals surface area contributed by atoms with E-state index in [4.69, 9.17) is 0 Å². The van der Waals surface area contributed by atoms with E-state index in [1.54, 1.807) is 12.1 Å². The quantitative estimate of drug-likeness (QED) is 0.411. The highest BCUT2D eigenvalue weighted by Gasteiger charge is 2.22. The Labute approximate surface area is 154 Å². The summed E-state index contributed by atoms with van der Waals surface area (Å²) in [6, 6.07) is 9.50. The monoisotopic (exact) mass is 377 g/mol. The summed E-state index contributed by atoms with van der Waals surface area (Å²) in [5.41, 5.74) is 1.05. The SMILES string of the molecule is O=C(NCCc1ccc(F)cc1)NC(CO)C(O)c1ccc([N+](=O)[O-])cc1. The molecule has 2 aromatic carbocycles. The van der Waals surface area contributed by atoms with Crippen LogP contribution in [0.3, 0.4) is 0 Å². The first kappa shape index (κ1) is 20.3. The summed E-state index contributed by atoms with van der Waals surface area (Å²) in [4.78, 5) is 22.0. The average Bonchev–Trinajstić information content (AvgIpc) is 2.67. The number of amides is 2. The van der Waals surface area contributed by atoms with E-state index in [1.165, 1.54) is 36.4 Å². The number of hydrogen-bond acceptors (Lipinski definition) is 5. The average molecular weight is 377 g/mol. The maximum atomic E-state index is 12.8. The van der Waals surface area contributed by atoms with Gasteiger partial charge in [0.15, 0.2) is 0 Å². The zero-order valence-electron chi connectivity index (χ0n) is 14.3. The number of benzene rings is 2. The van der Waals surface area contributed by atoms with Crippen LogP contribution >= 0.6 is 0 Å².